The van der Waals surface area contributed by atoms with Crippen molar-refractivity contribution < 1.29 is 44.4 Å². The summed E-state index contributed by atoms with van der Waals surface area (Å²) in [5.74, 6) is -3.73. The molecule has 0 radical (unpaired) electrons. The first-order valence-electron chi connectivity index (χ1n) is 7.17. The standard InChI is InChI=1S/C13H21N3O9/c17-6-5-14(3-4-16(13(24)25)9-12(22)23)1-2-15(7-10(18)19)8-11(20)21/h6H,1-5,7-9H2,(H,18,19)(H,20,21)(H,22,23)(H,24,25). The summed E-state index contributed by atoms with van der Waals surface area (Å²) in [7, 11) is 0. The van der Waals surface area contributed by atoms with Crippen LogP contribution in [0.3, 0.4) is 0 Å². The third kappa shape index (κ3) is 11.4. The lowest BCUT2D eigenvalue weighted by Gasteiger charge is -2.26. The number of carbonyl (C=O) groups excluding carboxylic acids is 1. The highest BCUT2D eigenvalue weighted by atomic mass is 16.4. The molecule has 0 spiro atoms. The predicted molar refractivity (Wildman–Crippen MR) is 81.4 cm³/mol. The number of amides is 1. The second-order valence-corrected chi connectivity index (χ2v) is 5.06. The number of carboxylic acids is 3. The SMILES string of the molecule is O=CCN(CCN(CC(=O)O)CC(=O)O)CCN(CC(=O)O)C(=O)O. The van der Waals surface area contributed by atoms with Crippen LogP contribution in [0.4, 0.5) is 4.79 Å². The summed E-state index contributed by atoms with van der Waals surface area (Å²) in [5, 5.41) is 35.1. The first-order chi connectivity index (χ1) is 11.6. The minimum absolute atomic E-state index is 0.0262. The second-order valence-electron chi connectivity index (χ2n) is 5.06. The molecule has 1 amide bonds. The van der Waals surface area contributed by atoms with Crippen molar-refractivity contribution in [2.24, 2.45) is 0 Å². The molecule has 0 aromatic carbocycles. The predicted octanol–water partition coefficient (Wildman–Crippen LogP) is -1.98. The number of carbonyl (C=O) groups is 5. The van der Waals surface area contributed by atoms with Crippen LogP contribution in [0.15, 0.2) is 0 Å². The molecule has 0 atom stereocenters. The van der Waals surface area contributed by atoms with E-state index in [1.54, 1.807) is 0 Å². The molecule has 0 unspecified atom stereocenters. The van der Waals surface area contributed by atoms with Gasteiger partial charge < -0.3 is 25.2 Å². The van der Waals surface area contributed by atoms with Crippen LogP contribution in [0.5, 0.6) is 0 Å². The second kappa shape index (κ2) is 11.8. The normalized spacial score (nSPS) is 10.6. The summed E-state index contributed by atoms with van der Waals surface area (Å²) in [5.41, 5.74) is 0. The van der Waals surface area contributed by atoms with E-state index in [9.17, 15) is 24.0 Å². The molecule has 0 bridgehead atoms. The van der Waals surface area contributed by atoms with Crippen LogP contribution in [0.1, 0.15) is 0 Å². The average Bonchev–Trinajstić information content (AvgIpc) is 2.46. The third-order valence-electron chi connectivity index (χ3n) is 3.07. The van der Waals surface area contributed by atoms with Crippen molar-refractivity contribution in [3.8, 4) is 0 Å². The molecule has 0 rings (SSSR count). The fraction of sp³-hybridized carbons (Fsp3) is 0.615. The Balaban J connectivity index is 4.67. The molecule has 25 heavy (non-hydrogen) atoms. The molecule has 0 fully saturated rings. The topological polar surface area (TPSA) is 176 Å². The largest absolute Gasteiger partial charge is 0.480 e. The van der Waals surface area contributed by atoms with E-state index < -0.39 is 43.6 Å². The van der Waals surface area contributed by atoms with Gasteiger partial charge in [-0.25, -0.2) is 4.79 Å². The lowest BCUT2D eigenvalue weighted by molar-refractivity contribution is -0.142. The van der Waals surface area contributed by atoms with Gasteiger partial charge in [0.05, 0.1) is 19.6 Å². The van der Waals surface area contributed by atoms with Crippen molar-refractivity contribution in [3.05, 3.63) is 0 Å². The van der Waals surface area contributed by atoms with Gasteiger partial charge in [-0.3, -0.25) is 29.1 Å². The Kier molecular flexibility index (Phi) is 10.5. The summed E-state index contributed by atoms with van der Waals surface area (Å²) < 4.78 is 0. The summed E-state index contributed by atoms with van der Waals surface area (Å²) >= 11 is 0. The number of aldehydes is 1. The van der Waals surface area contributed by atoms with E-state index in [4.69, 9.17) is 20.4 Å². The third-order valence-corrected chi connectivity index (χ3v) is 3.07. The number of carboxylic acid groups (broad SMARTS) is 4. The molecule has 0 aliphatic carbocycles. The van der Waals surface area contributed by atoms with E-state index in [1.165, 1.54) is 4.90 Å². The molecule has 4 N–H and O–H groups in total. The summed E-state index contributed by atoms with van der Waals surface area (Å²) in [4.78, 5) is 57.0. The lowest BCUT2D eigenvalue weighted by atomic mass is 10.3. The first-order valence-corrected chi connectivity index (χ1v) is 7.17. The zero-order valence-corrected chi connectivity index (χ0v) is 13.4. The van der Waals surface area contributed by atoms with E-state index >= 15 is 0 Å². The van der Waals surface area contributed by atoms with Gasteiger partial charge in [0.1, 0.15) is 12.8 Å². The van der Waals surface area contributed by atoms with E-state index in [1.807, 2.05) is 0 Å². The zero-order chi connectivity index (χ0) is 19.4. The Morgan fingerprint density at radius 3 is 1.52 bits per heavy atom. The molecule has 0 aromatic heterocycles. The van der Waals surface area contributed by atoms with Crippen molar-refractivity contribution >= 4 is 30.3 Å². The molecule has 142 valence electrons. The van der Waals surface area contributed by atoms with Crippen LogP contribution in [0.25, 0.3) is 0 Å². The Bertz CT molecular complexity index is 481. The Labute approximate surface area is 142 Å². The minimum Gasteiger partial charge on any atom is -0.480 e. The molecule has 0 saturated heterocycles. The van der Waals surface area contributed by atoms with Gasteiger partial charge in [-0.1, -0.05) is 0 Å². The Morgan fingerprint density at radius 1 is 0.680 bits per heavy atom. The van der Waals surface area contributed by atoms with Gasteiger partial charge in [0.15, 0.2) is 0 Å². The van der Waals surface area contributed by atoms with Crippen molar-refractivity contribution in [3.63, 3.8) is 0 Å². The first kappa shape index (κ1) is 22.3. The number of hydrogen-bond acceptors (Lipinski definition) is 7. The van der Waals surface area contributed by atoms with Crippen molar-refractivity contribution in [2.75, 3.05) is 52.4 Å². The van der Waals surface area contributed by atoms with Gasteiger partial charge in [0.25, 0.3) is 0 Å². The van der Waals surface area contributed by atoms with Gasteiger partial charge >= 0.3 is 24.0 Å². The van der Waals surface area contributed by atoms with Gasteiger partial charge in [-0.15, -0.1) is 0 Å². The van der Waals surface area contributed by atoms with Crippen LogP contribution < -0.4 is 0 Å². The minimum atomic E-state index is -1.42. The molecule has 0 aliphatic heterocycles. The maximum atomic E-state index is 10.9. The summed E-state index contributed by atoms with van der Waals surface area (Å²) in [6, 6.07) is 0. The van der Waals surface area contributed by atoms with Gasteiger partial charge in [-0.2, -0.15) is 0 Å². The average molecular weight is 363 g/mol. The maximum Gasteiger partial charge on any atom is 0.407 e. The van der Waals surface area contributed by atoms with Gasteiger partial charge in [0.2, 0.25) is 0 Å². The molecule has 0 aliphatic rings. The molecule has 0 heterocycles. The van der Waals surface area contributed by atoms with E-state index in [-0.39, 0.29) is 32.7 Å². The Morgan fingerprint density at radius 2 is 1.12 bits per heavy atom. The fourth-order valence-electron chi connectivity index (χ4n) is 1.95. The highest BCUT2D eigenvalue weighted by Gasteiger charge is 2.18. The molecule has 0 saturated carbocycles. The molecular weight excluding hydrogens is 342 g/mol. The van der Waals surface area contributed by atoms with Crippen LogP contribution in [0, 0.1) is 0 Å². The lowest BCUT2D eigenvalue weighted by Crippen LogP contribution is -2.44. The zero-order valence-electron chi connectivity index (χ0n) is 13.4. The summed E-state index contributed by atoms with van der Waals surface area (Å²) in [6.45, 7) is -1.80. The molecule has 12 nitrogen and oxygen atoms in total. The van der Waals surface area contributed by atoms with Crippen molar-refractivity contribution in [2.45, 2.75) is 0 Å². The van der Waals surface area contributed by atoms with E-state index in [2.05, 4.69) is 0 Å². The highest BCUT2D eigenvalue weighted by molar-refractivity contribution is 5.75. The van der Waals surface area contributed by atoms with Gasteiger partial charge in [0, 0.05) is 26.2 Å². The van der Waals surface area contributed by atoms with Gasteiger partial charge in [-0.05, 0) is 0 Å². The molecule has 0 aromatic rings. The van der Waals surface area contributed by atoms with Crippen molar-refractivity contribution in [1.82, 2.24) is 14.7 Å². The smallest absolute Gasteiger partial charge is 0.407 e. The summed E-state index contributed by atoms with van der Waals surface area (Å²) in [6.07, 6.45) is -0.868. The quantitative estimate of drug-likeness (QED) is 0.252. The Hall–Kier alpha value is -2.73. The molecular formula is C13H21N3O9. The number of nitrogens with zero attached hydrogens (tertiary/aromatic N) is 3. The maximum absolute atomic E-state index is 10.9. The van der Waals surface area contributed by atoms with Crippen molar-refractivity contribution in [1.29, 1.82) is 0 Å². The monoisotopic (exact) mass is 363 g/mol. The van der Waals surface area contributed by atoms with Crippen LogP contribution in [0.2, 0.25) is 0 Å². The fourth-order valence-corrected chi connectivity index (χ4v) is 1.95. The van der Waals surface area contributed by atoms with Crippen LogP contribution in [-0.4, -0.2) is 118 Å². The number of rotatable bonds is 14. The molecule has 12 heteroatoms. The number of aliphatic carboxylic acids is 3. The van der Waals surface area contributed by atoms with Crippen LogP contribution >= 0.6 is 0 Å². The van der Waals surface area contributed by atoms with Crippen LogP contribution in [-0.2, 0) is 19.2 Å². The highest BCUT2D eigenvalue weighted by Crippen LogP contribution is 1.96. The van der Waals surface area contributed by atoms with E-state index in [0.29, 0.717) is 11.2 Å². The number of hydrogen-bond donors (Lipinski definition) is 4. The van der Waals surface area contributed by atoms with E-state index in [0.717, 1.165) is 4.90 Å².